The van der Waals surface area contributed by atoms with Gasteiger partial charge in [0.1, 0.15) is 5.69 Å². The van der Waals surface area contributed by atoms with Gasteiger partial charge in [-0.05, 0) is 39.0 Å². The van der Waals surface area contributed by atoms with E-state index in [-0.39, 0.29) is 11.4 Å². The van der Waals surface area contributed by atoms with Gasteiger partial charge < -0.3 is 10.1 Å². The minimum atomic E-state index is -1.10. The van der Waals surface area contributed by atoms with Gasteiger partial charge in [-0.2, -0.15) is 0 Å². The van der Waals surface area contributed by atoms with Crippen LogP contribution < -0.4 is 5.32 Å². The number of para-hydroxylation sites is 2. The molecule has 0 aliphatic carbocycles. The molecule has 0 saturated heterocycles. The van der Waals surface area contributed by atoms with Crippen LogP contribution in [0.4, 0.5) is 11.4 Å². The monoisotopic (exact) mass is 342 g/mol. The zero-order valence-electron chi connectivity index (χ0n) is 14.1. The average Bonchev–Trinajstić information content (AvgIpc) is 2.54. The fourth-order valence-electron chi connectivity index (χ4n) is 2.35. The van der Waals surface area contributed by atoms with Crippen molar-refractivity contribution in [2.75, 3.05) is 5.32 Å². The molecular weight excluding hydrogens is 324 g/mol. The van der Waals surface area contributed by atoms with Gasteiger partial charge >= 0.3 is 5.97 Å². The SMILES string of the molecule is Cc1cc(C)cc(C(=O)O[C@@H](C)C(=O)Nc2ccccc2[N+](=O)[O-])c1. The van der Waals surface area contributed by atoms with Crippen LogP contribution in [0.15, 0.2) is 42.5 Å². The first-order valence-electron chi connectivity index (χ1n) is 7.61. The molecule has 1 atom stereocenters. The summed E-state index contributed by atoms with van der Waals surface area (Å²) in [7, 11) is 0. The Balaban J connectivity index is 2.08. The molecular formula is C18H18N2O5. The molecule has 0 radical (unpaired) electrons. The number of benzene rings is 2. The summed E-state index contributed by atoms with van der Waals surface area (Å²) >= 11 is 0. The number of hydrogen-bond acceptors (Lipinski definition) is 5. The predicted molar refractivity (Wildman–Crippen MR) is 92.5 cm³/mol. The smallest absolute Gasteiger partial charge is 0.338 e. The Morgan fingerprint density at radius 1 is 1.12 bits per heavy atom. The van der Waals surface area contributed by atoms with E-state index in [1.807, 2.05) is 19.9 Å². The van der Waals surface area contributed by atoms with Crippen molar-refractivity contribution in [2.24, 2.45) is 0 Å². The first-order valence-corrected chi connectivity index (χ1v) is 7.61. The van der Waals surface area contributed by atoms with E-state index < -0.39 is 22.9 Å². The lowest BCUT2D eigenvalue weighted by Crippen LogP contribution is -2.30. The van der Waals surface area contributed by atoms with Crippen molar-refractivity contribution in [3.8, 4) is 0 Å². The number of aryl methyl sites for hydroxylation is 2. The molecule has 130 valence electrons. The molecule has 2 aromatic rings. The van der Waals surface area contributed by atoms with Crippen LogP contribution in [0.2, 0.25) is 0 Å². The van der Waals surface area contributed by atoms with Crippen molar-refractivity contribution in [1.82, 2.24) is 0 Å². The van der Waals surface area contributed by atoms with Gasteiger partial charge in [-0.15, -0.1) is 0 Å². The number of nitro benzene ring substituents is 1. The molecule has 2 rings (SSSR count). The number of carbonyl (C=O) groups is 2. The highest BCUT2D eigenvalue weighted by atomic mass is 16.6. The third-order valence-corrected chi connectivity index (χ3v) is 3.47. The standard InChI is InChI=1S/C18H18N2O5/c1-11-8-12(2)10-14(9-11)18(22)25-13(3)17(21)19-15-6-4-5-7-16(15)20(23)24/h4-10,13H,1-3H3,(H,19,21)/t13-/m0/s1. The number of rotatable bonds is 5. The number of carbonyl (C=O) groups excluding carboxylic acids is 2. The van der Waals surface area contributed by atoms with Crippen molar-refractivity contribution in [2.45, 2.75) is 26.9 Å². The van der Waals surface area contributed by atoms with E-state index in [2.05, 4.69) is 5.32 Å². The third-order valence-electron chi connectivity index (χ3n) is 3.47. The van der Waals surface area contributed by atoms with Gasteiger partial charge in [-0.25, -0.2) is 4.79 Å². The maximum absolute atomic E-state index is 12.2. The van der Waals surface area contributed by atoms with E-state index in [1.54, 1.807) is 18.2 Å². The second kappa shape index (κ2) is 7.57. The molecule has 0 heterocycles. The Morgan fingerprint density at radius 2 is 1.72 bits per heavy atom. The number of esters is 1. The van der Waals surface area contributed by atoms with Gasteiger partial charge in [0.25, 0.3) is 11.6 Å². The minimum absolute atomic E-state index is 0.0480. The van der Waals surface area contributed by atoms with E-state index in [0.717, 1.165) is 11.1 Å². The lowest BCUT2D eigenvalue weighted by atomic mass is 10.1. The predicted octanol–water partition coefficient (Wildman–Crippen LogP) is 3.40. The molecule has 0 bridgehead atoms. The zero-order chi connectivity index (χ0) is 18.6. The molecule has 0 saturated carbocycles. The van der Waals surface area contributed by atoms with Gasteiger partial charge in [-0.3, -0.25) is 14.9 Å². The first-order chi connectivity index (χ1) is 11.8. The number of ether oxygens (including phenoxy) is 1. The summed E-state index contributed by atoms with van der Waals surface area (Å²) < 4.78 is 5.16. The van der Waals surface area contributed by atoms with E-state index in [1.165, 1.54) is 25.1 Å². The molecule has 2 aromatic carbocycles. The van der Waals surface area contributed by atoms with E-state index in [9.17, 15) is 19.7 Å². The Kier molecular flexibility index (Phi) is 5.49. The number of hydrogen-bond donors (Lipinski definition) is 1. The topological polar surface area (TPSA) is 98.5 Å². The molecule has 7 nitrogen and oxygen atoms in total. The lowest BCUT2D eigenvalue weighted by molar-refractivity contribution is -0.383. The quantitative estimate of drug-likeness (QED) is 0.510. The van der Waals surface area contributed by atoms with Gasteiger partial charge in [0, 0.05) is 6.07 Å². The minimum Gasteiger partial charge on any atom is -0.449 e. The molecule has 0 aromatic heterocycles. The Bertz CT molecular complexity index is 812. The Morgan fingerprint density at radius 3 is 2.32 bits per heavy atom. The molecule has 0 aliphatic rings. The summed E-state index contributed by atoms with van der Waals surface area (Å²) in [5.74, 6) is -1.27. The van der Waals surface area contributed by atoms with E-state index in [4.69, 9.17) is 4.74 Å². The average molecular weight is 342 g/mol. The van der Waals surface area contributed by atoms with Gasteiger partial charge in [0.2, 0.25) is 0 Å². The van der Waals surface area contributed by atoms with Crippen molar-refractivity contribution < 1.29 is 19.2 Å². The molecule has 0 aliphatic heterocycles. The normalized spacial score (nSPS) is 11.5. The van der Waals surface area contributed by atoms with Crippen molar-refractivity contribution in [3.63, 3.8) is 0 Å². The molecule has 1 N–H and O–H groups in total. The highest BCUT2D eigenvalue weighted by Crippen LogP contribution is 2.23. The fraction of sp³-hybridized carbons (Fsp3) is 0.222. The van der Waals surface area contributed by atoms with Crippen LogP contribution >= 0.6 is 0 Å². The third kappa shape index (κ3) is 4.63. The van der Waals surface area contributed by atoms with E-state index >= 15 is 0 Å². The van der Waals surface area contributed by atoms with Gasteiger partial charge in [0.05, 0.1) is 10.5 Å². The van der Waals surface area contributed by atoms with Gasteiger partial charge in [0.15, 0.2) is 6.10 Å². The summed E-state index contributed by atoms with van der Waals surface area (Å²) in [6.45, 7) is 5.12. The van der Waals surface area contributed by atoms with Crippen LogP contribution in [0.25, 0.3) is 0 Å². The van der Waals surface area contributed by atoms with E-state index in [0.29, 0.717) is 5.56 Å². The first kappa shape index (κ1) is 18.1. The van der Waals surface area contributed by atoms with Crippen LogP contribution in [-0.4, -0.2) is 22.9 Å². The summed E-state index contributed by atoms with van der Waals surface area (Å²) in [5, 5.41) is 13.4. The molecule has 0 unspecified atom stereocenters. The number of amides is 1. The molecule has 0 spiro atoms. The number of nitrogens with zero attached hydrogens (tertiary/aromatic N) is 1. The van der Waals surface area contributed by atoms with Crippen LogP contribution in [0.5, 0.6) is 0 Å². The summed E-state index contributed by atoms with van der Waals surface area (Å²) in [6.07, 6.45) is -1.10. The number of nitro groups is 1. The largest absolute Gasteiger partial charge is 0.449 e. The molecule has 25 heavy (non-hydrogen) atoms. The van der Waals surface area contributed by atoms with Crippen LogP contribution in [-0.2, 0) is 9.53 Å². The van der Waals surface area contributed by atoms with Crippen molar-refractivity contribution >= 4 is 23.3 Å². The highest BCUT2D eigenvalue weighted by molar-refractivity contribution is 5.98. The summed E-state index contributed by atoms with van der Waals surface area (Å²) in [5.41, 5.74) is 1.98. The maximum Gasteiger partial charge on any atom is 0.338 e. The fourth-order valence-corrected chi connectivity index (χ4v) is 2.35. The highest BCUT2D eigenvalue weighted by Gasteiger charge is 2.22. The summed E-state index contributed by atoms with van der Waals surface area (Å²) in [6, 6.07) is 11.0. The second-order valence-corrected chi connectivity index (χ2v) is 5.69. The number of anilines is 1. The van der Waals surface area contributed by atoms with Crippen molar-refractivity contribution in [1.29, 1.82) is 0 Å². The molecule has 7 heteroatoms. The molecule has 1 amide bonds. The van der Waals surface area contributed by atoms with Crippen LogP contribution in [0, 0.1) is 24.0 Å². The Labute approximate surface area is 144 Å². The van der Waals surface area contributed by atoms with Crippen LogP contribution in [0.3, 0.4) is 0 Å². The maximum atomic E-state index is 12.2. The molecule has 0 fully saturated rings. The Hall–Kier alpha value is -3.22. The van der Waals surface area contributed by atoms with Crippen LogP contribution in [0.1, 0.15) is 28.4 Å². The number of nitrogens with one attached hydrogen (secondary N) is 1. The zero-order valence-corrected chi connectivity index (χ0v) is 14.1. The van der Waals surface area contributed by atoms with Gasteiger partial charge in [-0.1, -0.05) is 29.3 Å². The lowest BCUT2D eigenvalue weighted by Gasteiger charge is -2.14. The van der Waals surface area contributed by atoms with Crippen molar-refractivity contribution in [3.05, 3.63) is 69.3 Å². The summed E-state index contributed by atoms with van der Waals surface area (Å²) in [4.78, 5) is 34.7. The second-order valence-electron chi connectivity index (χ2n) is 5.69.